The van der Waals surface area contributed by atoms with Crippen molar-refractivity contribution < 1.29 is 24.2 Å². The second-order valence-electron chi connectivity index (χ2n) is 6.97. The van der Waals surface area contributed by atoms with Gasteiger partial charge < -0.3 is 20.1 Å². The van der Waals surface area contributed by atoms with Gasteiger partial charge in [0.1, 0.15) is 12.4 Å². The number of hydrogen-bond acceptors (Lipinski definition) is 4. The van der Waals surface area contributed by atoms with E-state index in [1.807, 2.05) is 30.3 Å². The molecule has 0 radical (unpaired) electrons. The smallest absolute Gasteiger partial charge is 0.335 e. The van der Waals surface area contributed by atoms with Gasteiger partial charge in [-0.15, -0.1) is 0 Å². The first-order valence-corrected chi connectivity index (χ1v) is 9.58. The van der Waals surface area contributed by atoms with E-state index in [1.54, 1.807) is 17.0 Å². The highest BCUT2D eigenvalue weighted by molar-refractivity contribution is 5.87. The lowest BCUT2D eigenvalue weighted by molar-refractivity contribution is -0.128. The fraction of sp³-hybridized carbons (Fsp3) is 0.318. The van der Waals surface area contributed by atoms with Crippen LogP contribution in [0.4, 0.5) is 0 Å². The number of carboxylic acid groups (broad SMARTS) is 1. The molecule has 1 atom stereocenters. The molecule has 1 fully saturated rings. The first-order chi connectivity index (χ1) is 14.0. The number of aryl methyl sites for hydroxylation is 1. The van der Waals surface area contributed by atoms with Crippen LogP contribution in [0.5, 0.6) is 5.75 Å². The molecule has 1 heterocycles. The van der Waals surface area contributed by atoms with E-state index in [-0.39, 0.29) is 29.8 Å². The molecule has 152 valence electrons. The molecule has 1 unspecified atom stereocenters. The average molecular weight is 396 g/mol. The molecule has 0 bridgehead atoms. The number of rotatable bonds is 9. The van der Waals surface area contributed by atoms with E-state index >= 15 is 0 Å². The van der Waals surface area contributed by atoms with Crippen molar-refractivity contribution in [1.82, 2.24) is 10.2 Å². The lowest BCUT2D eigenvalue weighted by atomic mass is 10.1. The first-order valence-electron chi connectivity index (χ1n) is 9.58. The summed E-state index contributed by atoms with van der Waals surface area (Å²) in [6.45, 7) is 1.37. The second-order valence-corrected chi connectivity index (χ2v) is 6.97. The Bertz CT molecular complexity index is 851. The topological polar surface area (TPSA) is 95.9 Å². The summed E-state index contributed by atoms with van der Waals surface area (Å²) >= 11 is 0. The van der Waals surface area contributed by atoms with Gasteiger partial charge in [-0.2, -0.15) is 0 Å². The van der Waals surface area contributed by atoms with Crippen molar-refractivity contribution in [2.75, 3.05) is 19.7 Å². The number of carbonyl (C=O) groups excluding carboxylic acids is 2. The minimum absolute atomic E-state index is 0.0104. The number of benzene rings is 2. The Balaban J connectivity index is 1.38. The van der Waals surface area contributed by atoms with Crippen molar-refractivity contribution in [2.45, 2.75) is 25.3 Å². The van der Waals surface area contributed by atoms with Crippen LogP contribution in [0.25, 0.3) is 0 Å². The summed E-state index contributed by atoms with van der Waals surface area (Å²) in [6, 6.07) is 15.7. The third-order valence-corrected chi connectivity index (χ3v) is 4.79. The van der Waals surface area contributed by atoms with E-state index in [9.17, 15) is 14.4 Å². The van der Waals surface area contributed by atoms with Crippen LogP contribution in [-0.4, -0.2) is 53.5 Å². The van der Waals surface area contributed by atoms with E-state index in [2.05, 4.69) is 5.32 Å². The Morgan fingerprint density at radius 1 is 1.10 bits per heavy atom. The summed E-state index contributed by atoms with van der Waals surface area (Å²) in [6.07, 6.45) is 1.10. The standard InChI is InChI=1S/C22H24N2O5/c25-20(11-8-16-6-9-17(10-7-16)22(27)28)23-18-14-21(26)24(15-18)12-13-29-19-4-2-1-3-5-19/h1-7,9-10,18H,8,11-15H2,(H,23,25)(H,27,28). The van der Waals surface area contributed by atoms with E-state index in [1.165, 1.54) is 12.1 Å². The van der Waals surface area contributed by atoms with Crippen LogP contribution < -0.4 is 10.1 Å². The molecule has 1 aliphatic rings. The van der Waals surface area contributed by atoms with Gasteiger partial charge in [0.25, 0.3) is 0 Å². The highest BCUT2D eigenvalue weighted by atomic mass is 16.5. The Morgan fingerprint density at radius 2 is 1.83 bits per heavy atom. The molecule has 1 aliphatic heterocycles. The van der Waals surface area contributed by atoms with Gasteiger partial charge in [-0.1, -0.05) is 30.3 Å². The number of para-hydroxylation sites is 1. The maximum atomic E-state index is 12.2. The fourth-order valence-electron chi connectivity index (χ4n) is 3.25. The average Bonchev–Trinajstić information content (AvgIpc) is 3.06. The van der Waals surface area contributed by atoms with Gasteiger partial charge in [-0.3, -0.25) is 9.59 Å². The molecule has 29 heavy (non-hydrogen) atoms. The van der Waals surface area contributed by atoms with Crippen LogP contribution in [0, 0.1) is 0 Å². The summed E-state index contributed by atoms with van der Waals surface area (Å²) in [5, 5.41) is 11.8. The maximum absolute atomic E-state index is 12.2. The van der Waals surface area contributed by atoms with Crippen molar-refractivity contribution in [2.24, 2.45) is 0 Å². The fourth-order valence-corrected chi connectivity index (χ4v) is 3.25. The predicted octanol–water partition coefficient (Wildman–Crippen LogP) is 2.11. The molecular formula is C22H24N2O5. The zero-order valence-electron chi connectivity index (χ0n) is 16.0. The zero-order valence-corrected chi connectivity index (χ0v) is 16.0. The van der Waals surface area contributed by atoms with Gasteiger partial charge in [-0.05, 0) is 36.2 Å². The number of carboxylic acids is 1. The molecule has 2 aromatic carbocycles. The van der Waals surface area contributed by atoms with Crippen LogP contribution >= 0.6 is 0 Å². The van der Waals surface area contributed by atoms with Crippen molar-refractivity contribution in [3.05, 3.63) is 65.7 Å². The number of nitrogens with one attached hydrogen (secondary N) is 1. The Kier molecular flexibility index (Phi) is 6.84. The zero-order chi connectivity index (χ0) is 20.6. The molecule has 7 heteroatoms. The van der Waals surface area contributed by atoms with Gasteiger partial charge in [0, 0.05) is 19.4 Å². The summed E-state index contributed by atoms with van der Waals surface area (Å²) in [7, 11) is 0. The molecule has 1 saturated heterocycles. The van der Waals surface area contributed by atoms with Crippen LogP contribution in [0.1, 0.15) is 28.8 Å². The largest absolute Gasteiger partial charge is 0.492 e. The molecule has 0 aliphatic carbocycles. The molecule has 0 saturated carbocycles. The van der Waals surface area contributed by atoms with E-state index in [0.717, 1.165) is 11.3 Å². The number of hydrogen-bond donors (Lipinski definition) is 2. The summed E-state index contributed by atoms with van der Waals surface area (Å²) in [5.74, 6) is -0.317. The number of carbonyl (C=O) groups is 3. The Hall–Kier alpha value is -3.35. The number of likely N-dealkylation sites (tertiary alicyclic amines) is 1. The number of nitrogens with zero attached hydrogens (tertiary/aromatic N) is 1. The molecular weight excluding hydrogens is 372 g/mol. The molecule has 0 spiro atoms. The van der Waals surface area contributed by atoms with Crippen molar-refractivity contribution >= 4 is 17.8 Å². The van der Waals surface area contributed by atoms with E-state index in [4.69, 9.17) is 9.84 Å². The molecule has 2 amide bonds. The second kappa shape index (κ2) is 9.73. The normalized spacial score (nSPS) is 15.9. The molecule has 7 nitrogen and oxygen atoms in total. The minimum atomic E-state index is -0.973. The lowest BCUT2D eigenvalue weighted by Crippen LogP contribution is -2.38. The number of aromatic carboxylic acids is 1. The third-order valence-electron chi connectivity index (χ3n) is 4.79. The Morgan fingerprint density at radius 3 is 2.52 bits per heavy atom. The minimum Gasteiger partial charge on any atom is -0.492 e. The van der Waals surface area contributed by atoms with Gasteiger partial charge in [0.2, 0.25) is 11.8 Å². The van der Waals surface area contributed by atoms with Crippen LogP contribution in [-0.2, 0) is 16.0 Å². The SMILES string of the molecule is O=C(CCc1ccc(C(=O)O)cc1)NC1CC(=O)N(CCOc2ccccc2)C1. The quantitative estimate of drug-likeness (QED) is 0.677. The molecule has 0 aromatic heterocycles. The highest BCUT2D eigenvalue weighted by Gasteiger charge is 2.30. The summed E-state index contributed by atoms with van der Waals surface area (Å²) in [4.78, 5) is 36.9. The van der Waals surface area contributed by atoms with Crippen LogP contribution in [0.2, 0.25) is 0 Å². The van der Waals surface area contributed by atoms with Crippen molar-refractivity contribution in [3.63, 3.8) is 0 Å². The van der Waals surface area contributed by atoms with Crippen LogP contribution in [0.3, 0.4) is 0 Å². The van der Waals surface area contributed by atoms with Gasteiger partial charge in [0.15, 0.2) is 0 Å². The first kappa shape index (κ1) is 20.4. The van der Waals surface area contributed by atoms with Gasteiger partial charge >= 0.3 is 5.97 Å². The lowest BCUT2D eigenvalue weighted by Gasteiger charge is -2.17. The number of ether oxygens (including phenoxy) is 1. The summed E-state index contributed by atoms with van der Waals surface area (Å²) < 4.78 is 5.63. The maximum Gasteiger partial charge on any atom is 0.335 e. The third kappa shape index (κ3) is 6.07. The predicted molar refractivity (Wildman–Crippen MR) is 107 cm³/mol. The van der Waals surface area contributed by atoms with Crippen LogP contribution in [0.15, 0.2) is 54.6 Å². The molecule has 3 rings (SSSR count). The summed E-state index contributed by atoms with van der Waals surface area (Å²) in [5.41, 5.74) is 1.12. The van der Waals surface area contributed by atoms with Gasteiger partial charge in [-0.25, -0.2) is 4.79 Å². The monoisotopic (exact) mass is 396 g/mol. The highest BCUT2D eigenvalue weighted by Crippen LogP contribution is 2.13. The van der Waals surface area contributed by atoms with E-state index in [0.29, 0.717) is 32.5 Å². The Labute approximate surface area is 169 Å². The van der Waals surface area contributed by atoms with E-state index < -0.39 is 5.97 Å². The molecule has 2 aromatic rings. The molecule has 2 N–H and O–H groups in total. The van der Waals surface area contributed by atoms with Crippen molar-refractivity contribution in [3.8, 4) is 5.75 Å². The number of amides is 2. The van der Waals surface area contributed by atoms with Gasteiger partial charge in [0.05, 0.1) is 18.2 Å². The van der Waals surface area contributed by atoms with Crippen molar-refractivity contribution in [1.29, 1.82) is 0 Å².